The monoisotopic (exact) mass is 161 g/mol. The third-order valence-corrected chi connectivity index (χ3v) is 1.37. The highest BCUT2D eigenvalue weighted by Crippen LogP contribution is 2.02. The fourth-order valence-corrected chi connectivity index (χ4v) is 0.755. The van der Waals surface area contributed by atoms with Crippen molar-refractivity contribution in [2.75, 3.05) is 0 Å². The van der Waals surface area contributed by atoms with E-state index in [0.29, 0.717) is 5.56 Å². The maximum Gasteiger partial charge on any atom is 0.240 e. The second-order valence-corrected chi connectivity index (χ2v) is 2.12. The van der Waals surface area contributed by atoms with Gasteiger partial charge in [0.15, 0.2) is 0 Å². The van der Waals surface area contributed by atoms with E-state index in [1.54, 1.807) is 0 Å². The van der Waals surface area contributed by atoms with Gasteiger partial charge in [-0.15, -0.1) is 0 Å². The van der Waals surface area contributed by atoms with Crippen LogP contribution in [0.5, 0.6) is 0 Å². The summed E-state index contributed by atoms with van der Waals surface area (Å²) in [6.45, 7) is 0. The smallest absolute Gasteiger partial charge is 0.240 e. The van der Waals surface area contributed by atoms with E-state index in [0.717, 1.165) is 0 Å². The van der Waals surface area contributed by atoms with Gasteiger partial charge in [0.1, 0.15) is 0 Å². The molecule has 0 spiro atoms. The molecule has 0 aliphatic heterocycles. The van der Waals surface area contributed by atoms with Gasteiger partial charge in [-0.25, -0.2) is 0 Å². The maximum absolute atomic E-state index is 10.7. The third-order valence-electron chi connectivity index (χ3n) is 1.37. The number of nitrogens with one attached hydrogen (secondary N) is 1. The van der Waals surface area contributed by atoms with Crippen LogP contribution in [0, 0.1) is 16.5 Å². The second-order valence-electron chi connectivity index (χ2n) is 2.12. The van der Waals surface area contributed by atoms with E-state index in [4.69, 9.17) is 5.26 Å². The minimum atomic E-state index is -0.695. The Labute approximate surface area is 69.0 Å². The Balaban J connectivity index is 2.94. The van der Waals surface area contributed by atoms with Crippen LogP contribution in [-0.2, 0) is 0 Å². The first kappa shape index (κ1) is 8.24. The number of benzene rings is 1. The highest BCUT2D eigenvalue weighted by Gasteiger charge is 1.98. The number of hydroxylamine groups is 1. The molecule has 0 heterocycles. The Morgan fingerprint density at radius 2 is 2.00 bits per heavy atom. The highest BCUT2D eigenvalue weighted by molar-refractivity contribution is 5.94. The van der Waals surface area contributed by atoms with E-state index < -0.39 is 5.91 Å². The van der Waals surface area contributed by atoms with Gasteiger partial charge in [0, 0.05) is 5.56 Å². The molecule has 1 N–H and O–H groups in total. The van der Waals surface area contributed by atoms with Crippen molar-refractivity contribution in [1.82, 2.24) is 5.48 Å². The van der Waals surface area contributed by atoms with Crippen LogP contribution >= 0.6 is 0 Å². The van der Waals surface area contributed by atoms with Crippen LogP contribution < -0.4 is 5.48 Å². The summed E-state index contributed by atoms with van der Waals surface area (Å²) in [4.78, 5) is 10.7. The predicted octanol–water partition coefficient (Wildman–Crippen LogP) is 0.786. The van der Waals surface area contributed by atoms with Crippen molar-refractivity contribution in [3.8, 4) is 6.07 Å². The molecule has 0 bridgehead atoms. The Morgan fingerprint density at radius 3 is 2.42 bits per heavy atom. The van der Waals surface area contributed by atoms with E-state index in [-0.39, 0.29) is 5.56 Å². The van der Waals surface area contributed by atoms with Gasteiger partial charge in [0.25, 0.3) is 0 Å². The summed E-state index contributed by atoms with van der Waals surface area (Å²) in [7, 11) is 0. The van der Waals surface area contributed by atoms with Crippen molar-refractivity contribution in [2.45, 2.75) is 0 Å². The molecule has 4 heteroatoms. The lowest BCUT2D eigenvalue weighted by molar-refractivity contribution is 0.0970. The van der Waals surface area contributed by atoms with Crippen LogP contribution in [0.25, 0.3) is 0 Å². The molecule has 0 radical (unpaired) electrons. The Morgan fingerprint density at radius 1 is 1.42 bits per heavy atom. The fraction of sp³-hybridized carbons (Fsp3) is 0. The molecule has 12 heavy (non-hydrogen) atoms. The van der Waals surface area contributed by atoms with Crippen LogP contribution in [0.15, 0.2) is 24.3 Å². The van der Waals surface area contributed by atoms with Crippen LogP contribution in [0.2, 0.25) is 0 Å². The van der Waals surface area contributed by atoms with Crippen LogP contribution in [-0.4, -0.2) is 5.91 Å². The summed E-state index contributed by atoms with van der Waals surface area (Å²) < 4.78 is 0. The van der Waals surface area contributed by atoms with Crippen molar-refractivity contribution >= 4 is 5.91 Å². The molecular formula is C8H5N2O2-. The summed E-state index contributed by atoms with van der Waals surface area (Å²) in [5.41, 5.74) is 1.96. The van der Waals surface area contributed by atoms with E-state index in [1.165, 1.54) is 29.7 Å². The number of nitriles is 1. The van der Waals surface area contributed by atoms with E-state index in [1.807, 2.05) is 6.07 Å². The molecule has 1 aromatic carbocycles. The predicted molar refractivity (Wildman–Crippen MR) is 42.0 cm³/mol. The second kappa shape index (κ2) is 3.51. The topological polar surface area (TPSA) is 76.0 Å². The van der Waals surface area contributed by atoms with Gasteiger partial charge in [0.05, 0.1) is 11.6 Å². The van der Waals surface area contributed by atoms with Gasteiger partial charge >= 0.3 is 0 Å². The minimum Gasteiger partial charge on any atom is -0.759 e. The number of nitrogens with zero attached hydrogens (tertiary/aromatic N) is 1. The molecule has 0 aliphatic rings. The van der Waals surface area contributed by atoms with Crippen molar-refractivity contribution in [1.29, 1.82) is 5.26 Å². The quantitative estimate of drug-likeness (QED) is 0.618. The summed E-state index contributed by atoms with van der Waals surface area (Å²) in [6.07, 6.45) is 0. The average molecular weight is 161 g/mol. The normalized spacial score (nSPS) is 8.67. The molecule has 0 saturated carbocycles. The standard InChI is InChI=1S/C8H5N2O2/c9-5-6-1-3-7(4-2-6)8(11)10-12/h1-4H,(H-,10,11,12)/q-1. The summed E-state index contributed by atoms with van der Waals surface area (Å²) in [5.74, 6) is -0.695. The number of hydrogen-bond donors (Lipinski definition) is 1. The lowest BCUT2D eigenvalue weighted by atomic mass is 10.1. The van der Waals surface area contributed by atoms with Crippen molar-refractivity contribution < 1.29 is 4.79 Å². The molecular weight excluding hydrogens is 156 g/mol. The fourth-order valence-electron chi connectivity index (χ4n) is 0.755. The minimum absolute atomic E-state index is 0.254. The van der Waals surface area contributed by atoms with E-state index >= 15 is 0 Å². The van der Waals surface area contributed by atoms with Gasteiger partial charge < -0.3 is 10.7 Å². The molecule has 1 amide bonds. The Kier molecular flexibility index (Phi) is 2.41. The SMILES string of the molecule is N#Cc1ccc(C(=O)N[O-])cc1. The van der Waals surface area contributed by atoms with Crippen molar-refractivity contribution in [2.24, 2.45) is 0 Å². The molecule has 60 valence electrons. The number of carbonyl (C=O) groups excluding carboxylic acids is 1. The summed E-state index contributed by atoms with van der Waals surface area (Å²) >= 11 is 0. The number of carbonyl (C=O) groups is 1. The summed E-state index contributed by atoms with van der Waals surface area (Å²) in [5, 5.41) is 18.3. The lowest BCUT2D eigenvalue weighted by Crippen LogP contribution is -2.15. The molecule has 0 aliphatic carbocycles. The largest absolute Gasteiger partial charge is 0.759 e. The number of hydrogen-bond acceptors (Lipinski definition) is 3. The van der Waals surface area contributed by atoms with E-state index in [9.17, 15) is 10.0 Å². The van der Waals surface area contributed by atoms with Crippen molar-refractivity contribution in [3.63, 3.8) is 0 Å². The zero-order valence-electron chi connectivity index (χ0n) is 6.07. The Hall–Kier alpha value is -1.86. The Bertz CT molecular complexity index is 324. The average Bonchev–Trinajstić information content (AvgIpc) is 2.17. The van der Waals surface area contributed by atoms with Gasteiger partial charge in [-0.2, -0.15) is 5.26 Å². The van der Waals surface area contributed by atoms with Crippen LogP contribution in [0.3, 0.4) is 0 Å². The van der Waals surface area contributed by atoms with Gasteiger partial charge in [-0.3, -0.25) is 4.79 Å². The maximum atomic E-state index is 10.7. The molecule has 0 fully saturated rings. The van der Waals surface area contributed by atoms with Gasteiger partial charge in [0.2, 0.25) is 5.91 Å². The first-order valence-corrected chi connectivity index (χ1v) is 3.20. The lowest BCUT2D eigenvalue weighted by Gasteiger charge is -2.06. The molecule has 0 saturated heterocycles. The summed E-state index contributed by atoms with van der Waals surface area (Å²) in [6, 6.07) is 7.70. The van der Waals surface area contributed by atoms with E-state index in [2.05, 4.69) is 0 Å². The first-order chi connectivity index (χ1) is 5.77. The zero-order valence-corrected chi connectivity index (χ0v) is 6.07. The molecule has 0 atom stereocenters. The highest BCUT2D eigenvalue weighted by atomic mass is 16.5. The number of rotatable bonds is 1. The van der Waals surface area contributed by atoms with Crippen molar-refractivity contribution in [3.05, 3.63) is 40.6 Å². The molecule has 1 aromatic rings. The van der Waals surface area contributed by atoms with Gasteiger partial charge in [-0.05, 0) is 24.3 Å². The number of amides is 1. The first-order valence-electron chi connectivity index (χ1n) is 3.20. The molecule has 4 nitrogen and oxygen atoms in total. The zero-order chi connectivity index (χ0) is 8.97. The van der Waals surface area contributed by atoms with Crippen LogP contribution in [0.1, 0.15) is 15.9 Å². The molecule has 0 aromatic heterocycles. The molecule has 0 unspecified atom stereocenters. The van der Waals surface area contributed by atoms with Gasteiger partial charge in [-0.1, -0.05) is 0 Å². The van der Waals surface area contributed by atoms with Crippen LogP contribution in [0.4, 0.5) is 0 Å². The third kappa shape index (κ3) is 1.59. The molecule has 1 rings (SSSR count).